The van der Waals surface area contributed by atoms with Crippen LogP contribution in [0.3, 0.4) is 0 Å². The topological polar surface area (TPSA) is 86.2 Å². The fraction of sp³-hybridized carbons (Fsp3) is 0.143. The van der Waals surface area contributed by atoms with E-state index in [1.165, 1.54) is 12.1 Å². The number of aryl methyl sites for hydroxylation is 1. The molecule has 0 heterocycles. The molecule has 1 aromatic rings. The van der Waals surface area contributed by atoms with Crippen LogP contribution in [-0.4, -0.2) is 8.42 Å². The van der Waals surface area contributed by atoms with Crippen molar-refractivity contribution in [2.45, 2.75) is 11.8 Å². The van der Waals surface area contributed by atoms with Crippen LogP contribution in [0.2, 0.25) is 5.02 Å². The van der Waals surface area contributed by atoms with Gasteiger partial charge in [0.2, 0.25) is 10.0 Å². The van der Waals surface area contributed by atoms with E-state index < -0.39 is 10.0 Å². The number of anilines is 1. The first kappa shape index (κ1) is 10.3. The summed E-state index contributed by atoms with van der Waals surface area (Å²) in [4.78, 5) is 0.00620. The minimum Gasteiger partial charge on any atom is -0.398 e. The average molecular weight is 221 g/mol. The average Bonchev–Trinajstić information content (AvgIpc) is 1.94. The number of nitrogen functional groups attached to an aromatic ring is 1. The molecule has 1 aromatic carbocycles. The highest BCUT2D eigenvalue weighted by atomic mass is 35.5. The Kier molecular flexibility index (Phi) is 2.51. The van der Waals surface area contributed by atoms with Crippen LogP contribution in [0.5, 0.6) is 0 Å². The van der Waals surface area contributed by atoms with Gasteiger partial charge in [0, 0.05) is 0 Å². The molecule has 0 saturated carbocycles. The molecule has 1 rings (SSSR count). The Balaban J connectivity index is 3.50. The van der Waals surface area contributed by atoms with Gasteiger partial charge in [0.25, 0.3) is 0 Å². The molecular weight excluding hydrogens is 212 g/mol. The lowest BCUT2D eigenvalue weighted by molar-refractivity contribution is 0.597. The third-order valence-corrected chi connectivity index (χ3v) is 2.98. The predicted molar refractivity (Wildman–Crippen MR) is 52.0 cm³/mol. The van der Waals surface area contributed by atoms with E-state index in [0.717, 1.165) is 0 Å². The highest BCUT2D eigenvalue weighted by Gasteiger charge is 2.13. The molecule has 0 aromatic heterocycles. The molecule has 0 fully saturated rings. The quantitative estimate of drug-likeness (QED) is 0.689. The highest BCUT2D eigenvalue weighted by Crippen LogP contribution is 2.25. The van der Waals surface area contributed by atoms with Gasteiger partial charge in [-0.2, -0.15) is 0 Å². The second kappa shape index (κ2) is 3.17. The monoisotopic (exact) mass is 220 g/mol. The summed E-state index contributed by atoms with van der Waals surface area (Å²) in [6.45, 7) is 1.60. The minimum atomic E-state index is -3.71. The number of benzene rings is 1. The van der Waals surface area contributed by atoms with Gasteiger partial charge >= 0.3 is 0 Å². The number of nitrogens with two attached hydrogens (primary N) is 2. The maximum atomic E-state index is 11.0. The van der Waals surface area contributed by atoms with Crippen molar-refractivity contribution in [3.05, 3.63) is 22.7 Å². The molecular formula is C7H9ClN2O2S. The number of rotatable bonds is 1. The molecule has 72 valence electrons. The van der Waals surface area contributed by atoms with Gasteiger partial charge in [-0.1, -0.05) is 11.6 Å². The van der Waals surface area contributed by atoms with Crippen molar-refractivity contribution in [2.75, 3.05) is 5.73 Å². The van der Waals surface area contributed by atoms with E-state index in [1.54, 1.807) is 6.92 Å². The number of primary sulfonamides is 1. The normalized spacial score (nSPS) is 11.6. The number of halogens is 1. The first-order chi connectivity index (χ1) is 5.82. The molecule has 4 nitrogen and oxygen atoms in total. The molecule has 0 spiro atoms. The Morgan fingerprint density at radius 2 is 1.92 bits per heavy atom. The third kappa shape index (κ3) is 2.12. The van der Waals surface area contributed by atoms with Gasteiger partial charge in [0.1, 0.15) is 0 Å². The van der Waals surface area contributed by atoms with Crippen molar-refractivity contribution in [3.63, 3.8) is 0 Å². The standard InChI is InChI=1S/C7H9ClN2O2S/c1-4-2-6(9)5(8)3-7(4)13(10,11)12/h2-3H,9H2,1H3,(H2,10,11,12). The van der Waals surface area contributed by atoms with Crippen LogP contribution < -0.4 is 10.9 Å². The van der Waals surface area contributed by atoms with Gasteiger partial charge in [0.05, 0.1) is 15.6 Å². The van der Waals surface area contributed by atoms with Gasteiger partial charge < -0.3 is 5.73 Å². The van der Waals surface area contributed by atoms with Crippen molar-refractivity contribution in [3.8, 4) is 0 Å². The van der Waals surface area contributed by atoms with Crippen LogP contribution in [0.25, 0.3) is 0 Å². The lowest BCUT2D eigenvalue weighted by atomic mass is 10.2. The van der Waals surface area contributed by atoms with E-state index in [-0.39, 0.29) is 9.92 Å². The summed E-state index contributed by atoms with van der Waals surface area (Å²) in [5.41, 5.74) is 6.29. The summed E-state index contributed by atoms with van der Waals surface area (Å²) >= 11 is 5.65. The maximum Gasteiger partial charge on any atom is 0.238 e. The van der Waals surface area contributed by atoms with Gasteiger partial charge in [0.15, 0.2) is 0 Å². The fourth-order valence-corrected chi connectivity index (χ4v) is 2.01. The summed E-state index contributed by atoms with van der Waals surface area (Å²) in [5.74, 6) is 0. The summed E-state index contributed by atoms with van der Waals surface area (Å²) < 4.78 is 22.0. The van der Waals surface area contributed by atoms with Crippen molar-refractivity contribution in [1.29, 1.82) is 0 Å². The van der Waals surface area contributed by atoms with Crippen molar-refractivity contribution >= 4 is 27.3 Å². The summed E-state index contributed by atoms with van der Waals surface area (Å²) in [6.07, 6.45) is 0. The van der Waals surface area contributed by atoms with Crippen molar-refractivity contribution < 1.29 is 8.42 Å². The third-order valence-electron chi connectivity index (χ3n) is 1.60. The van der Waals surface area contributed by atoms with Gasteiger partial charge in [-0.3, -0.25) is 0 Å². The van der Waals surface area contributed by atoms with Crippen molar-refractivity contribution in [1.82, 2.24) is 0 Å². The van der Waals surface area contributed by atoms with Crippen LogP contribution >= 0.6 is 11.6 Å². The lowest BCUT2D eigenvalue weighted by Crippen LogP contribution is -2.13. The summed E-state index contributed by atoms with van der Waals surface area (Å²) in [6, 6.07) is 2.73. The zero-order chi connectivity index (χ0) is 10.2. The van der Waals surface area contributed by atoms with Crippen LogP contribution in [0.15, 0.2) is 17.0 Å². The zero-order valence-electron chi connectivity index (χ0n) is 6.91. The van der Waals surface area contributed by atoms with Gasteiger partial charge in [-0.15, -0.1) is 0 Å². The summed E-state index contributed by atoms with van der Waals surface area (Å²) in [7, 11) is -3.71. The second-order valence-corrected chi connectivity index (χ2v) is 4.62. The molecule has 0 amide bonds. The maximum absolute atomic E-state index is 11.0. The Morgan fingerprint density at radius 3 is 2.38 bits per heavy atom. The molecule has 0 unspecified atom stereocenters. The zero-order valence-corrected chi connectivity index (χ0v) is 8.48. The van der Waals surface area contributed by atoms with E-state index in [0.29, 0.717) is 11.3 Å². The SMILES string of the molecule is Cc1cc(N)c(Cl)cc1S(N)(=O)=O. The first-order valence-corrected chi connectivity index (χ1v) is 5.33. The molecule has 0 aliphatic carbocycles. The van der Waals surface area contributed by atoms with E-state index in [1.807, 2.05) is 0 Å². The molecule has 0 atom stereocenters. The molecule has 0 aliphatic heterocycles. The molecule has 0 saturated heterocycles. The Morgan fingerprint density at radius 1 is 1.38 bits per heavy atom. The smallest absolute Gasteiger partial charge is 0.238 e. The highest BCUT2D eigenvalue weighted by molar-refractivity contribution is 7.89. The number of hydrogen-bond acceptors (Lipinski definition) is 3. The van der Waals surface area contributed by atoms with Crippen LogP contribution in [0.1, 0.15) is 5.56 Å². The second-order valence-electron chi connectivity index (χ2n) is 2.68. The Hall–Kier alpha value is -0.780. The number of hydrogen-bond donors (Lipinski definition) is 2. The number of sulfonamides is 1. The fourth-order valence-electron chi connectivity index (χ4n) is 0.992. The predicted octanol–water partition coefficient (Wildman–Crippen LogP) is 0.878. The Labute approximate surface area is 81.5 Å². The van der Waals surface area contributed by atoms with Crippen LogP contribution in [0.4, 0.5) is 5.69 Å². The molecule has 0 radical (unpaired) electrons. The molecule has 6 heteroatoms. The van der Waals surface area contributed by atoms with Crippen LogP contribution in [0, 0.1) is 6.92 Å². The first-order valence-electron chi connectivity index (χ1n) is 3.41. The van der Waals surface area contributed by atoms with E-state index >= 15 is 0 Å². The summed E-state index contributed by atoms with van der Waals surface area (Å²) in [5, 5.41) is 5.14. The molecule has 0 bridgehead atoms. The largest absolute Gasteiger partial charge is 0.398 e. The lowest BCUT2D eigenvalue weighted by Gasteiger charge is -2.05. The molecule has 0 aliphatic rings. The molecule has 13 heavy (non-hydrogen) atoms. The van der Waals surface area contributed by atoms with Gasteiger partial charge in [-0.05, 0) is 24.6 Å². The molecule has 4 N–H and O–H groups in total. The Bertz CT molecular complexity index is 442. The van der Waals surface area contributed by atoms with E-state index in [2.05, 4.69) is 0 Å². The van der Waals surface area contributed by atoms with Gasteiger partial charge in [-0.25, -0.2) is 13.6 Å². The van der Waals surface area contributed by atoms with E-state index in [9.17, 15) is 8.42 Å². The van der Waals surface area contributed by atoms with E-state index in [4.69, 9.17) is 22.5 Å². The minimum absolute atomic E-state index is 0.00620. The van der Waals surface area contributed by atoms with Crippen molar-refractivity contribution in [2.24, 2.45) is 5.14 Å². The van der Waals surface area contributed by atoms with Crippen LogP contribution in [-0.2, 0) is 10.0 Å².